The molecule has 162 valence electrons. The highest BCUT2D eigenvalue weighted by atomic mass is 32.1. The van der Waals surface area contributed by atoms with Crippen LogP contribution in [0.15, 0.2) is 47.3 Å². The van der Waals surface area contributed by atoms with Crippen molar-refractivity contribution in [2.24, 2.45) is 7.05 Å². The summed E-state index contributed by atoms with van der Waals surface area (Å²) in [4.78, 5) is 37.9. The van der Waals surface area contributed by atoms with Gasteiger partial charge in [0.15, 0.2) is 0 Å². The van der Waals surface area contributed by atoms with Gasteiger partial charge in [-0.2, -0.15) is 0 Å². The standard InChI is InChI=1S/C24H27N3O3S/c1-26-20-12-11-17(16-21(20)31-24(26)30)8-4-5-13-25-14-6-7-15-27-22(28)18-9-2-3-10-19(18)23(27)29/h2-3,9-12,16,25H,4-8,13-15H2,1H3. The highest BCUT2D eigenvalue weighted by Gasteiger charge is 2.34. The van der Waals surface area contributed by atoms with Crippen LogP contribution >= 0.6 is 11.3 Å². The van der Waals surface area contributed by atoms with Gasteiger partial charge in [-0.25, -0.2) is 0 Å². The number of hydrogen-bond donors (Lipinski definition) is 1. The molecular weight excluding hydrogens is 410 g/mol. The lowest BCUT2D eigenvalue weighted by molar-refractivity contribution is 0.0651. The number of amides is 2. The number of aromatic nitrogens is 1. The molecule has 3 aromatic rings. The highest BCUT2D eigenvalue weighted by Crippen LogP contribution is 2.22. The molecule has 2 heterocycles. The number of hydrogen-bond acceptors (Lipinski definition) is 5. The van der Waals surface area contributed by atoms with E-state index in [2.05, 4.69) is 17.4 Å². The lowest BCUT2D eigenvalue weighted by Crippen LogP contribution is -2.31. The molecule has 1 aromatic heterocycles. The predicted molar refractivity (Wildman–Crippen MR) is 124 cm³/mol. The number of rotatable bonds is 10. The van der Waals surface area contributed by atoms with Crippen LogP contribution in [0.4, 0.5) is 0 Å². The van der Waals surface area contributed by atoms with Crippen LogP contribution in [-0.4, -0.2) is 40.9 Å². The maximum absolute atomic E-state index is 12.3. The first-order valence-corrected chi connectivity index (χ1v) is 11.6. The smallest absolute Gasteiger partial charge is 0.307 e. The number of benzene rings is 2. The van der Waals surface area contributed by atoms with Crippen molar-refractivity contribution in [3.8, 4) is 0 Å². The van der Waals surface area contributed by atoms with Crippen molar-refractivity contribution in [1.29, 1.82) is 0 Å². The Balaban J connectivity index is 1.10. The number of unbranched alkanes of at least 4 members (excludes halogenated alkanes) is 2. The maximum Gasteiger partial charge on any atom is 0.307 e. The molecule has 0 atom stereocenters. The number of aryl methyl sites for hydroxylation is 2. The molecule has 0 bridgehead atoms. The van der Waals surface area contributed by atoms with Gasteiger partial charge in [-0.05, 0) is 75.0 Å². The minimum atomic E-state index is -0.172. The monoisotopic (exact) mass is 437 g/mol. The van der Waals surface area contributed by atoms with E-state index >= 15 is 0 Å². The average Bonchev–Trinajstić information content (AvgIpc) is 3.20. The molecule has 0 radical (unpaired) electrons. The van der Waals surface area contributed by atoms with E-state index in [-0.39, 0.29) is 16.7 Å². The van der Waals surface area contributed by atoms with Gasteiger partial charge >= 0.3 is 4.87 Å². The molecular formula is C24H27N3O3S. The second kappa shape index (κ2) is 9.58. The van der Waals surface area contributed by atoms with Crippen LogP contribution in [0.5, 0.6) is 0 Å². The molecule has 2 aromatic carbocycles. The maximum atomic E-state index is 12.3. The van der Waals surface area contributed by atoms with Gasteiger partial charge in [0, 0.05) is 13.6 Å². The number of carbonyl (C=O) groups excluding carboxylic acids is 2. The molecule has 0 saturated carbocycles. The Morgan fingerprint density at radius 1 is 0.871 bits per heavy atom. The van der Waals surface area contributed by atoms with Crippen molar-refractivity contribution >= 4 is 33.4 Å². The SMILES string of the molecule is Cn1c(=O)sc2cc(CCCCNCCCCN3C(=O)c4ccccc4C3=O)ccc21. The predicted octanol–water partition coefficient (Wildman–Crippen LogP) is 3.59. The Bertz CT molecular complexity index is 1130. The Morgan fingerprint density at radius 3 is 2.26 bits per heavy atom. The van der Waals surface area contributed by atoms with Crippen LogP contribution < -0.4 is 10.2 Å². The second-order valence-corrected chi connectivity index (χ2v) is 8.94. The van der Waals surface area contributed by atoms with E-state index in [0.717, 1.165) is 55.4 Å². The largest absolute Gasteiger partial charge is 0.317 e. The van der Waals surface area contributed by atoms with E-state index in [1.807, 2.05) is 13.1 Å². The van der Waals surface area contributed by atoms with Crippen LogP contribution in [0, 0.1) is 0 Å². The first kappa shape index (κ1) is 21.5. The minimum Gasteiger partial charge on any atom is -0.317 e. The quantitative estimate of drug-likeness (QED) is 0.389. The molecule has 1 N–H and O–H groups in total. The number of imide groups is 1. The first-order chi connectivity index (χ1) is 15.1. The second-order valence-electron chi connectivity index (χ2n) is 7.95. The topological polar surface area (TPSA) is 71.4 Å². The molecule has 0 unspecified atom stereocenters. The molecule has 0 aliphatic carbocycles. The molecule has 6 nitrogen and oxygen atoms in total. The van der Waals surface area contributed by atoms with Gasteiger partial charge in [0.05, 0.1) is 21.3 Å². The summed E-state index contributed by atoms with van der Waals surface area (Å²) in [5.41, 5.74) is 3.31. The lowest BCUT2D eigenvalue weighted by Gasteiger charge is -2.13. The first-order valence-electron chi connectivity index (χ1n) is 10.8. The van der Waals surface area contributed by atoms with E-state index in [9.17, 15) is 14.4 Å². The van der Waals surface area contributed by atoms with Gasteiger partial charge in [0.1, 0.15) is 0 Å². The number of carbonyl (C=O) groups is 2. The zero-order valence-corrected chi connectivity index (χ0v) is 18.5. The third kappa shape index (κ3) is 4.62. The van der Waals surface area contributed by atoms with Gasteiger partial charge in [-0.15, -0.1) is 0 Å². The van der Waals surface area contributed by atoms with Crippen LogP contribution in [0.1, 0.15) is 52.0 Å². The molecule has 1 aliphatic rings. The summed E-state index contributed by atoms with van der Waals surface area (Å²) < 4.78 is 2.75. The van der Waals surface area contributed by atoms with Crippen molar-refractivity contribution in [1.82, 2.24) is 14.8 Å². The molecule has 2 amide bonds. The Hall–Kier alpha value is -2.77. The Morgan fingerprint density at radius 2 is 1.55 bits per heavy atom. The summed E-state index contributed by atoms with van der Waals surface area (Å²) in [5.74, 6) is -0.343. The molecule has 4 rings (SSSR count). The Labute approximate surface area is 185 Å². The van der Waals surface area contributed by atoms with E-state index < -0.39 is 0 Å². The minimum absolute atomic E-state index is 0.0827. The average molecular weight is 438 g/mol. The zero-order valence-electron chi connectivity index (χ0n) is 17.7. The molecule has 31 heavy (non-hydrogen) atoms. The van der Waals surface area contributed by atoms with E-state index in [4.69, 9.17) is 0 Å². The van der Waals surface area contributed by atoms with Crippen molar-refractivity contribution in [3.05, 3.63) is 68.8 Å². The van der Waals surface area contributed by atoms with E-state index in [1.54, 1.807) is 28.8 Å². The molecule has 0 saturated heterocycles. The fourth-order valence-corrected chi connectivity index (χ4v) is 4.94. The zero-order chi connectivity index (χ0) is 21.8. The Kier molecular flexibility index (Phi) is 6.63. The van der Waals surface area contributed by atoms with E-state index in [1.165, 1.54) is 21.8 Å². The molecule has 1 aliphatic heterocycles. The molecule has 0 fully saturated rings. The third-order valence-electron chi connectivity index (χ3n) is 5.79. The highest BCUT2D eigenvalue weighted by molar-refractivity contribution is 7.16. The normalized spacial score (nSPS) is 13.4. The third-order valence-corrected chi connectivity index (χ3v) is 6.78. The molecule has 0 spiro atoms. The number of nitrogens with one attached hydrogen (secondary N) is 1. The number of fused-ring (bicyclic) bond motifs is 2. The van der Waals surface area contributed by atoms with Crippen LogP contribution in [0.25, 0.3) is 10.2 Å². The van der Waals surface area contributed by atoms with Crippen molar-refractivity contribution < 1.29 is 9.59 Å². The summed E-state index contributed by atoms with van der Waals surface area (Å²) in [6.45, 7) is 2.31. The van der Waals surface area contributed by atoms with Crippen LogP contribution in [0.2, 0.25) is 0 Å². The van der Waals surface area contributed by atoms with E-state index in [0.29, 0.717) is 17.7 Å². The number of thiazole rings is 1. The summed E-state index contributed by atoms with van der Waals surface area (Å²) in [5, 5.41) is 3.45. The van der Waals surface area contributed by atoms with Crippen LogP contribution in [-0.2, 0) is 13.5 Å². The van der Waals surface area contributed by atoms with Gasteiger partial charge < -0.3 is 9.88 Å². The van der Waals surface area contributed by atoms with Crippen molar-refractivity contribution in [2.45, 2.75) is 32.1 Å². The van der Waals surface area contributed by atoms with Gasteiger partial charge in [0.25, 0.3) is 11.8 Å². The van der Waals surface area contributed by atoms with Gasteiger partial charge in [0.2, 0.25) is 0 Å². The number of nitrogens with zero attached hydrogens (tertiary/aromatic N) is 2. The summed E-state index contributed by atoms with van der Waals surface area (Å²) in [7, 11) is 1.81. The molecule has 7 heteroatoms. The van der Waals surface area contributed by atoms with Crippen molar-refractivity contribution in [2.75, 3.05) is 19.6 Å². The van der Waals surface area contributed by atoms with Gasteiger partial charge in [-0.3, -0.25) is 19.3 Å². The van der Waals surface area contributed by atoms with Crippen molar-refractivity contribution in [3.63, 3.8) is 0 Å². The fraction of sp³-hybridized carbons (Fsp3) is 0.375. The lowest BCUT2D eigenvalue weighted by atomic mass is 10.1. The summed E-state index contributed by atoms with van der Waals surface area (Å²) >= 11 is 1.30. The van der Waals surface area contributed by atoms with Gasteiger partial charge in [-0.1, -0.05) is 29.5 Å². The fourth-order valence-electron chi connectivity index (χ4n) is 4.00. The summed E-state index contributed by atoms with van der Waals surface area (Å²) in [6, 6.07) is 13.3. The van der Waals surface area contributed by atoms with Crippen LogP contribution in [0.3, 0.4) is 0 Å². The summed E-state index contributed by atoms with van der Waals surface area (Å²) in [6.07, 6.45) is 4.92.